The van der Waals surface area contributed by atoms with E-state index in [0.717, 1.165) is 35.6 Å². The van der Waals surface area contributed by atoms with E-state index in [0.29, 0.717) is 6.54 Å². The Morgan fingerprint density at radius 2 is 2.18 bits per heavy atom. The first-order valence-electron chi connectivity index (χ1n) is 5.91. The number of carbonyl (C=O) groups excluding carboxylic acids is 1. The van der Waals surface area contributed by atoms with Crippen molar-refractivity contribution >= 4 is 22.4 Å². The van der Waals surface area contributed by atoms with Gasteiger partial charge < -0.3 is 10.4 Å². The Kier molecular flexibility index (Phi) is 3.69. The molecular weight excluding hydrogens is 236 g/mol. The summed E-state index contributed by atoms with van der Waals surface area (Å²) < 4.78 is 0. The maximum absolute atomic E-state index is 11.6. The lowest BCUT2D eigenvalue weighted by atomic mass is 10.0. The van der Waals surface area contributed by atoms with Gasteiger partial charge in [0.15, 0.2) is 0 Å². The molecular formula is C12H18N2O2S. The fraction of sp³-hybridized carbons (Fsp3) is 0.583. The van der Waals surface area contributed by atoms with Gasteiger partial charge in [-0.05, 0) is 31.9 Å². The summed E-state index contributed by atoms with van der Waals surface area (Å²) >= 11 is 1.54. The van der Waals surface area contributed by atoms with Gasteiger partial charge in [-0.25, -0.2) is 4.79 Å². The molecule has 94 valence electrons. The number of nitrogens with one attached hydrogen (secondary N) is 2. The number of carbonyl (C=O) groups is 1. The van der Waals surface area contributed by atoms with Crippen LogP contribution in [0.3, 0.4) is 0 Å². The van der Waals surface area contributed by atoms with Crippen molar-refractivity contribution in [1.29, 1.82) is 0 Å². The fourth-order valence-electron chi connectivity index (χ4n) is 2.11. The summed E-state index contributed by atoms with van der Waals surface area (Å²) in [5, 5.41) is 16.4. The minimum atomic E-state index is -0.692. The van der Waals surface area contributed by atoms with Crippen LogP contribution >= 0.6 is 11.3 Å². The van der Waals surface area contributed by atoms with E-state index in [2.05, 4.69) is 10.6 Å². The number of hydrogen-bond donors (Lipinski definition) is 3. The highest BCUT2D eigenvalue weighted by atomic mass is 32.1. The third kappa shape index (κ3) is 3.44. The molecule has 1 saturated carbocycles. The lowest BCUT2D eigenvalue weighted by molar-refractivity contribution is 0.0506. The summed E-state index contributed by atoms with van der Waals surface area (Å²) in [5.74, 6) is 0. The maximum Gasteiger partial charge on any atom is 0.319 e. The number of aliphatic hydroxyl groups is 1. The van der Waals surface area contributed by atoms with Gasteiger partial charge in [-0.1, -0.05) is 12.8 Å². The number of amides is 2. The van der Waals surface area contributed by atoms with Crippen LogP contribution < -0.4 is 10.6 Å². The van der Waals surface area contributed by atoms with Crippen molar-refractivity contribution in [2.24, 2.45) is 0 Å². The molecule has 1 heterocycles. The second-order valence-corrected chi connectivity index (χ2v) is 5.94. The standard InChI is InChI=1S/C12H18N2O2S/c1-9-4-5-10(17-9)14-11(15)13-8-12(16)6-2-3-7-12/h4-5,16H,2-3,6-8H2,1H3,(H2,13,14,15). The third-order valence-electron chi connectivity index (χ3n) is 3.09. The van der Waals surface area contributed by atoms with Gasteiger partial charge in [-0.2, -0.15) is 0 Å². The molecule has 1 fully saturated rings. The van der Waals surface area contributed by atoms with Crippen LogP contribution in [-0.4, -0.2) is 23.3 Å². The molecule has 2 rings (SSSR count). The summed E-state index contributed by atoms with van der Waals surface area (Å²) in [5.41, 5.74) is -0.692. The lowest BCUT2D eigenvalue weighted by Crippen LogP contribution is -2.42. The smallest absolute Gasteiger partial charge is 0.319 e. The van der Waals surface area contributed by atoms with E-state index in [4.69, 9.17) is 0 Å². The summed E-state index contributed by atoms with van der Waals surface area (Å²) in [6, 6.07) is 3.60. The quantitative estimate of drug-likeness (QED) is 0.776. The Morgan fingerprint density at radius 1 is 1.47 bits per heavy atom. The average molecular weight is 254 g/mol. The SMILES string of the molecule is Cc1ccc(NC(=O)NCC2(O)CCCC2)s1. The molecule has 1 aliphatic carbocycles. The molecule has 0 aliphatic heterocycles. The molecule has 5 heteroatoms. The Labute approximate surface area is 105 Å². The van der Waals surface area contributed by atoms with Crippen molar-refractivity contribution in [3.63, 3.8) is 0 Å². The maximum atomic E-state index is 11.6. The zero-order valence-electron chi connectivity index (χ0n) is 9.95. The highest BCUT2D eigenvalue weighted by Crippen LogP contribution is 2.28. The fourth-order valence-corrected chi connectivity index (χ4v) is 2.88. The van der Waals surface area contributed by atoms with Crippen LogP contribution in [0.2, 0.25) is 0 Å². The van der Waals surface area contributed by atoms with E-state index < -0.39 is 5.60 Å². The molecule has 0 saturated heterocycles. The zero-order valence-corrected chi connectivity index (χ0v) is 10.8. The molecule has 17 heavy (non-hydrogen) atoms. The molecule has 0 unspecified atom stereocenters. The van der Waals surface area contributed by atoms with Crippen LogP contribution in [0.5, 0.6) is 0 Å². The van der Waals surface area contributed by atoms with Crippen LogP contribution in [0.1, 0.15) is 30.6 Å². The number of rotatable bonds is 3. The lowest BCUT2D eigenvalue weighted by Gasteiger charge is -2.22. The van der Waals surface area contributed by atoms with E-state index in [9.17, 15) is 9.90 Å². The number of hydrogen-bond acceptors (Lipinski definition) is 3. The zero-order chi connectivity index (χ0) is 12.3. The van der Waals surface area contributed by atoms with Gasteiger partial charge in [0, 0.05) is 11.4 Å². The van der Waals surface area contributed by atoms with Gasteiger partial charge >= 0.3 is 6.03 Å². The normalized spacial score (nSPS) is 18.0. The highest BCUT2D eigenvalue weighted by Gasteiger charge is 2.31. The van der Waals surface area contributed by atoms with Gasteiger partial charge in [-0.15, -0.1) is 11.3 Å². The van der Waals surface area contributed by atoms with E-state index in [1.54, 1.807) is 0 Å². The van der Waals surface area contributed by atoms with Gasteiger partial charge in [0.25, 0.3) is 0 Å². The molecule has 3 N–H and O–H groups in total. The molecule has 1 aromatic heterocycles. The Balaban J connectivity index is 1.77. The van der Waals surface area contributed by atoms with Crippen molar-refractivity contribution < 1.29 is 9.90 Å². The van der Waals surface area contributed by atoms with Crippen LogP contribution in [0, 0.1) is 6.92 Å². The van der Waals surface area contributed by atoms with Crippen LogP contribution in [0.4, 0.5) is 9.80 Å². The summed E-state index contributed by atoms with van der Waals surface area (Å²) in [6.45, 7) is 2.33. The molecule has 0 spiro atoms. The molecule has 2 amide bonds. The Hall–Kier alpha value is -1.07. The van der Waals surface area contributed by atoms with E-state index in [1.807, 2.05) is 19.1 Å². The minimum absolute atomic E-state index is 0.243. The van der Waals surface area contributed by atoms with Crippen molar-refractivity contribution in [1.82, 2.24) is 5.32 Å². The van der Waals surface area contributed by atoms with E-state index in [-0.39, 0.29) is 6.03 Å². The molecule has 0 radical (unpaired) electrons. The number of aryl methyl sites for hydroxylation is 1. The van der Waals surface area contributed by atoms with Crippen molar-refractivity contribution in [2.45, 2.75) is 38.2 Å². The summed E-state index contributed by atoms with van der Waals surface area (Å²) in [7, 11) is 0. The third-order valence-corrected chi connectivity index (χ3v) is 4.01. The number of urea groups is 1. The summed E-state index contributed by atoms with van der Waals surface area (Å²) in [4.78, 5) is 12.8. The Bertz CT molecular complexity index is 397. The monoisotopic (exact) mass is 254 g/mol. The first-order chi connectivity index (χ1) is 8.07. The highest BCUT2D eigenvalue weighted by molar-refractivity contribution is 7.16. The first-order valence-corrected chi connectivity index (χ1v) is 6.73. The Morgan fingerprint density at radius 3 is 2.76 bits per heavy atom. The van der Waals surface area contributed by atoms with Crippen LogP contribution in [-0.2, 0) is 0 Å². The molecule has 1 aliphatic rings. The average Bonchev–Trinajstić information content (AvgIpc) is 2.86. The van der Waals surface area contributed by atoms with Gasteiger partial charge in [0.05, 0.1) is 10.6 Å². The van der Waals surface area contributed by atoms with Crippen molar-refractivity contribution in [3.8, 4) is 0 Å². The van der Waals surface area contributed by atoms with Crippen molar-refractivity contribution in [2.75, 3.05) is 11.9 Å². The molecule has 4 nitrogen and oxygen atoms in total. The van der Waals surface area contributed by atoms with Gasteiger partial charge in [0.1, 0.15) is 0 Å². The molecule has 0 atom stereocenters. The second kappa shape index (κ2) is 5.06. The predicted octanol–water partition coefficient (Wildman–Crippen LogP) is 2.48. The summed E-state index contributed by atoms with van der Waals surface area (Å²) in [6.07, 6.45) is 3.66. The second-order valence-electron chi connectivity index (χ2n) is 4.65. The topological polar surface area (TPSA) is 61.4 Å². The van der Waals surface area contributed by atoms with Crippen LogP contribution in [0.15, 0.2) is 12.1 Å². The first kappa shape index (κ1) is 12.4. The molecule has 1 aromatic rings. The van der Waals surface area contributed by atoms with Gasteiger partial charge in [-0.3, -0.25) is 5.32 Å². The number of thiophene rings is 1. The molecule has 0 aromatic carbocycles. The van der Waals surface area contributed by atoms with E-state index in [1.165, 1.54) is 11.3 Å². The largest absolute Gasteiger partial charge is 0.388 e. The molecule has 0 bridgehead atoms. The van der Waals surface area contributed by atoms with E-state index >= 15 is 0 Å². The van der Waals surface area contributed by atoms with Gasteiger partial charge in [0.2, 0.25) is 0 Å². The van der Waals surface area contributed by atoms with Crippen molar-refractivity contribution in [3.05, 3.63) is 17.0 Å². The number of anilines is 1. The minimum Gasteiger partial charge on any atom is -0.388 e. The van der Waals surface area contributed by atoms with Crippen LogP contribution in [0.25, 0.3) is 0 Å². The predicted molar refractivity (Wildman–Crippen MR) is 69.5 cm³/mol.